The zero-order valence-electron chi connectivity index (χ0n) is 17.9. The number of imidazole rings is 1. The highest BCUT2D eigenvalue weighted by molar-refractivity contribution is 5.79. The van der Waals surface area contributed by atoms with Crippen LogP contribution in [0, 0.1) is 0 Å². The molecule has 0 saturated heterocycles. The molecule has 0 radical (unpaired) electrons. The van der Waals surface area contributed by atoms with E-state index in [1.165, 1.54) is 6.21 Å². The minimum atomic E-state index is 0.839. The Balaban J connectivity index is 0.000000269. The van der Waals surface area contributed by atoms with Gasteiger partial charge in [0.15, 0.2) is 12.4 Å². The molecule has 0 saturated carbocycles. The van der Waals surface area contributed by atoms with Crippen LogP contribution in [0.2, 0.25) is 0 Å². The van der Waals surface area contributed by atoms with Crippen LogP contribution in [0.4, 0.5) is 0 Å². The van der Waals surface area contributed by atoms with Crippen molar-refractivity contribution in [1.82, 2.24) is 4.68 Å². The van der Waals surface area contributed by atoms with Crippen molar-refractivity contribution in [3.05, 3.63) is 126 Å². The molecule has 6 heteroatoms. The molecule has 4 rings (SSSR count). The predicted molar refractivity (Wildman–Crippen MR) is 129 cm³/mol. The molecule has 0 aliphatic rings. The Kier molecular flexibility index (Phi) is 8.66. The molecule has 4 aromatic rings. The summed E-state index contributed by atoms with van der Waals surface area (Å²) in [4.78, 5) is 0. The van der Waals surface area contributed by atoms with Crippen LogP contribution in [0.15, 0.2) is 119 Å². The van der Waals surface area contributed by atoms with Crippen molar-refractivity contribution in [2.24, 2.45) is 15.4 Å². The van der Waals surface area contributed by atoms with Gasteiger partial charge in [-0.25, -0.2) is 0 Å². The van der Waals surface area contributed by atoms with Crippen molar-refractivity contribution in [3.8, 4) is 0 Å². The van der Waals surface area contributed by atoms with E-state index in [-0.39, 0.29) is 0 Å². The van der Waals surface area contributed by atoms with E-state index in [1.54, 1.807) is 0 Å². The van der Waals surface area contributed by atoms with Gasteiger partial charge in [-0.15, -0.1) is 9.35 Å². The molecular weight excluding hydrogens is 398 g/mol. The van der Waals surface area contributed by atoms with Gasteiger partial charge >= 0.3 is 5.82 Å². The number of oxime groups is 1. The summed E-state index contributed by atoms with van der Waals surface area (Å²) in [7, 11) is 0. The molecule has 3 aromatic carbocycles. The van der Waals surface area contributed by atoms with Crippen LogP contribution in [-0.4, -0.2) is 28.5 Å². The first kappa shape index (κ1) is 22.4. The molecule has 0 amide bonds. The maximum atomic E-state index is 8.09. The Morgan fingerprint density at radius 1 is 0.750 bits per heavy atom. The smallest absolute Gasteiger partial charge is 0.307 e. The molecule has 160 valence electrons. The molecule has 0 aliphatic heterocycles. The highest BCUT2D eigenvalue weighted by Gasteiger charge is 2.14. The van der Waals surface area contributed by atoms with Crippen molar-refractivity contribution >= 4 is 18.6 Å². The van der Waals surface area contributed by atoms with E-state index in [4.69, 9.17) is 5.21 Å². The average Bonchev–Trinajstić information content (AvgIpc) is 3.26. The van der Waals surface area contributed by atoms with E-state index in [9.17, 15) is 0 Å². The van der Waals surface area contributed by atoms with Gasteiger partial charge in [-0.05, 0) is 16.7 Å². The van der Waals surface area contributed by atoms with E-state index < -0.39 is 0 Å². The van der Waals surface area contributed by atoms with Crippen molar-refractivity contribution in [2.75, 3.05) is 0 Å². The summed E-state index contributed by atoms with van der Waals surface area (Å²) in [5.74, 6) is 1.02. The molecule has 0 spiro atoms. The van der Waals surface area contributed by atoms with E-state index in [1.807, 2.05) is 125 Å². The number of hydrogen-bond donors (Lipinski definition) is 1. The minimum Gasteiger partial charge on any atom is -0.411 e. The van der Waals surface area contributed by atoms with Crippen LogP contribution < -0.4 is 4.68 Å². The van der Waals surface area contributed by atoms with E-state index in [2.05, 4.69) is 22.3 Å². The summed E-state index contributed by atoms with van der Waals surface area (Å²) in [6.07, 6.45) is 9.77. The van der Waals surface area contributed by atoms with Gasteiger partial charge < -0.3 is 5.21 Å². The normalized spacial score (nSPS) is 11.2. The first-order valence-corrected chi connectivity index (χ1v) is 10.3. The molecule has 0 atom stereocenters. The van der Waals surface area contributed by atoms with Gasteiger partial charge in [0.05, 0.1) is 25.1 Å². The standard InChI is InChI=1S/C19H19N4.C7H7NO/c1-2-19-22(20-15-17-9-5-3-6-10-17)13-14-23(19)21-16-18-11-7-4-8-12-18;9-8-6-7-4-2-1-3-5-7/h3-16H,2H2,1H3;1-6,9H/q+1;. The summed E-state index contributed by atoms with van der Waals surface area (Å²) in [6, 6.07) is 29.5. The second-order valence-corrected chi connectivity index (χ2v) is 6.72. The largest absolute Gasteiger partial charge is 0.411 e. The Labute approximate surface area is 188 Å². The molecule has 1 N–H and O–H groups in total. The first-order valence-electron chi connectivity index (χ1n) is 10.3. The van der Waals surface area contributed by atoms with Gasteiger partial charge in [0.1, 0.15) is 0 Å². The van der Waals surface area contributed by atoms with Crippen LogP contribution >= 0.6 is 0 Å². The monoisotopic (exact) mass is 424 g/mol. The second kappa shape index (κ2) is 12.4. The lowest BCUT2D eigenvalue weighted by Crippen LogP contribution is -2.31. The van der Waals surface area contributed by atoms with Crippen molar-refractivity contribution in [2.45, 2.75) is 13.3 Å². The Bertz CT molecular complexity index is 1080. The van der Waals surface area contributed by atoms with Crippen LogP contribution in [0.3, 0.4) is 0 Å². The highest BCUT2D eigenvalue weighted by atomic mass is 16.4. The third-order valence-electron chi connectivity index (χ3n) is 4.46. The Hall–Kier alpha value is -4.32. The SMILES string of the molecule is CCc1n(N=Cc2ccccc2)cc[n+]1N=Cc1ccccc1.ON=Cc1ccccc1. The van der Waals surface area contributed by atoms with Crippen molar-refractivity contribution in [3.63, 3.8) is 0 Å². The van der Waals surface area contributed by atoms with Gasteiger partial charge in [0, 0.05) is 0 Å². The molecular formula is C26H26N5O+. The topological polar surface area (TPSA) is 66.1 Å². The zero-order chi connectivity index (χ0) is 22.4. The fourth-order valence-corrected chi connectivity index (χ4v) is 2.88. The predicted octanol–water partition coefficient (Wildman–Crippen LogP) is 4.60. The highest BCUT2D eigenvalue weighted by Crippen LogP contribution is 2.00. The molecule has 1 aromatic heterocycles. The summed E-state index contributed by atoms with van der Waals surface area (Å²) < 4.78 is 3.71. The maximum Gasteiger partial charge on any atom is 0.307 e. The second-order valence-electron chi connectivity index (χ2n) is 6.72. The average molecular weight is 425 g/mol. The number of aromatic nitrogens is 2. The number of nitrogens with zero attached hydrogens (tertiary/aromatic N) is 5. The van der Waals surface area contributed by atoms with E-state index in [0.29, 0.717) is 0 Å². The van der Waals surface area contributed by atoms with Gasteiger partial charge in [-0.1, -0.05) is 113 Å². The number of rotatable bonds is 6. The Morgan fingerprint density at radius 2 is 1.25 bits per heavy atom. The van der Waals surface area contributed by atoms with Gasteiger partial charge in [0.25, 0.3) is 0 Å². The molecule has 0 unspecified atom stereocenters. The van der Waals surface area contributed by atoms with Crippen LogP contribution in [0.5, 0.6) is 0 Å². The lowest BCUT2D eigenvalue weighted by molar-refractivity contribution is -0.685. The molecule has 32 heavy (non-hydrogen) atoms. The summed E-state index contributed by atoms with van der Waals surface area (Å²) in [5.41, 5.74) is 3.05. The quantitative estimate of drug-likeness (QED) is 0.209. The van der Waals surface area contributed by atoms with Crippen molar-refractivity contribution in [1.29, 1.82) is 0 Å². The fraction of sp³-hybridized carbons (Fsp3) is 0.0769. The summed E-state index contributed by atoms with van der Waals surface area (Å²) in [5, 5.41) is 20.0. The lowest BCUT2D eigenvalue weighted by atomic mass is 10.2. The van der Waals surface area contributed by atoms with Gasteiger partial charge in [-0.3, -0.25) is 0 Å². The molecule has 0 aliphatic carbocycles. The van der Waals surface area contributed by atoms with Crippen LogP contribution in [-0.2, 0) is 6.42 Å². The third-order valence-corrected chi connectivity index (χ3v) is 4.46. The van der Waals surface area contributed by atoms with Crippen LogP contribution in [0.25, 0.3) is 0 Å². The maximum absolute atomic E-state index is 8.09. The summed E-state index contributed by atoms with van der Waals surface area (Å²) >= 11 is 0. The van der Waals surface area contributed by atoms with Gasteiger partial charge in [0.2, 0.25) is 0 Å². The van der Waals surface area contributed by atoms with Crippen molar-refractivity contribution < 1.29 is 9.88 Å². The fourth-order valence-electron chi connectivity index (χ4n) is 2.88. The molecule has 6 nitrogen and oxygen atoms in total. The zero-order valence-corrected chi connectivity index (χ0v) is 17.9. The Morgan fingerprint density at radius 3 is 1.75 bits per heavy atom. The third kappa shape index (κ3) is 6.88. The minimum absolute atomic E-state index is 0.839. The summed E-state index contributed by atoms with van der Waals surface area (Å²) in [6.45, 7) is 2.10. The van der Waals surface area contributed by atoms with E-state index in [0.717, 1.165) is 28.9 Å². The van der Waals surface area contributed by atoms with Crippen LogP contribution in [0.1, 0.15) is 29.4 Å². The molecule has 1 heterocycles. The molecule has 0 bridgehead atoms. The van der Waals surface area contributed by atoms with E-state index >= 15 is 0 Å². The van der Waals surface area contributed by atoms with Gasteiger partial charge in [-0.2, -0.15) is 0 Å². The first-order chi connectivity index (χ1) is 15.8. The number of hydrogen-bond acceptors (Lipinski definition) is 4. The number of benzene rings is 3. The lowest BCUT2D eigenvalue weighted by Gasteiger charge is -1.94. The molecule has 0 fully saturated rings.